The van der Waals surface area contributed by atoms with Crippen LogP contribution >= 0.6 is 0 Å². The van der Waals surface area contributed by atoms with Crippen LogP contribution in [0.15, 0.2) is 54.7 Å². The molecular weight excluding hydrogens is 585 g/mol. The molecule has 1 saturated carbocycles. The minimum atomic E-state index is -1.90. The summed E-state index contributed by atoms with van der Waals surface area (Å²) < 4.78 is 20.7. The van der Waals surface area contributed by atoms with E-state index in [0.717, 1.165) is 64.3 Å². The fraction of sp³-hybridized carbons (Fsp3) is 0.400. The number of aryl methyl sites for hydroxylation is 3. The molecule has 2 aromatic carbocycles. The van der Waals surface area contributed by atoms with Crippen LogP contribution in [0.3, 0.4) is 0 Å². The van der Waals surface area contributed by atoms with Crippen LogP contribution in [0, 0.1) is 13.8 Å². The van der Waals surface area contributed by atoms with Gasteiger partial charge in [0.2, 0.25) is 11.9 Å². The summed E-state index contributed by atoms with van der Waals surface area (Å²) >= 11 is 0. The van der Waals surface area contributed by atoms with E-state index in [1.54, 1.807) is 6.20 Å². The van der Waals surface area contributed by atoms with Crippen molar-refractivity contribution in [3.63, 3.8) is 0 Å². The number of aromatic amines is 1. The normalized spacial score (nSPS) is 22.8. The lowest BCUT2D eigenvalue weighted by atomic mass is 9.90. The number of benzene rings is 2. The van der Waals surface area contributed by atoms with Gasteiger partial charge in [0.05, 0.1) is 30.1 Å². The molecule has 4 aromatic rings. The second-order valence-electron chi connectivity index (χ2n) is 13.1. The van der Waals surface area contributed by atoms with Gasteiger partial charge in [-0.25, -0.2) is 14.4 Å². The molecule has 0 radical (unpaired) electrons. The number of alkyl halides is 1. The van der Waals surface area contributed by atoms with E-state index in [1.165, 1.54) is 0 Å². The molecule has 2 amide bonds. The first-order chi connectivity index (χ1) is 22.3. The number of hydrogen-bond acceptors (Lipinski definition) is 7. The number of carbonyl (C=O) groups is 2. The summed E-state index contributed by atoms with van der Waals surface area (Å²) in [6, 6.07) is 15.0. The maximum Gasteiger partial charge on any atom is 0.258 e. The standard InChI is InChI=1S/C35H36FN7O3/c1-19-30(20(2)42-41-19)22-5-8-24(9-6-22)38-32(44)31(40-33(45)35(36)12-13-35)27-10-7-21-3-4-23(15-28(21)27)29-11-14-37-34(39-29)43-17-26-16-25(43)18-46-26/h3-6,8-9,11,14-15,25-27,31H,7,10,12-13,16-18H2,1-2H3,(H,38,44)(H,40,45)(H,41,42)/t25-,26-,27+,31-/m0/s1. The zero-order valence-electron chi connectivity index (χ0n) is 25.8. The quantitative estimate of drug-likeness (QED) is 0.259. The molecule has 46 heavy (non-hydrogen) atoms. The third-order valence-corrected chi connectivity index (χ3v) is 10.0. The van der Waals surface area contributed by atoms with Gasteiger partial charge in [-0.15, -0.1) is 0 Å². The van der Waals surface area contributed by atoms with E-state index in [4.69, 9.17) is 9.72 Å². The molecule has 236 valence electrons. The number of nitrogens with one attached hydrogen (secondary N) is 3. The number of amides is 2. The Morgan fingerprint density at radius 1 is 1.11 bits per heavy atom. The molecule has 2 aliphatic carbocycles. The summed E-state index contributed by atoms with van der Waals surface area (Å²) in [5.41, 5.74) is 6.33. The first-order valence-electron chi connectivity index (χ1n) is 16.0. The molecule has 10 nitrogen and oxygen atoms in total. The lowest BCUT2D eigenvalue weighted by Gasteiger charge is -2.27. The number of anilines is 2. The molecule has 11 heteroatoms. The predicted octanol–water partition coefficient (Wildman–Crippen LogP) is 4.78. The van der Waals surface area contributed by atoms with Crippen LogP contribution in [0.1, 0.15) is 54.1 Å². The number of halogens is 1. The van der Waals surface area contributed by atoms with E-state index in [-0.39, 0.29) is 30.8 Å². The molecule has 8 rings (SSSR count). The third kappa shape index (κ3) is 5.12. The molecule has 2 aromatic heterocycles. The predicted molar refractivity (Wildman–Crippen MR) is 171 cm³/mol. The number of rotatable bonds is 8. The van der Waals surface area contributed by atoms with Crippen LogP contribution in [0.2, 0.25) is 0 Å². The van der Waals surface area contributed by atoms with Gasteiger partial charge in [0.15, 0.2) is 5.67 Å². The smallest absolute Gasteiger partial charge is 0.258 e. The molecule has 2 aliphatic heterocycles. The second kappa shape index (κ2) is 11.0. The molecule has 2 bridgehead atoms. The van der Waals surface area contributed by atoms with Crippen molar-refractivity contribution >= 4 is 23.5 Å². The van der Waals surface area contributed by atoms with Crippen molar-refractivity contribution in [1.29, 1.82) is 0 Å². The van der Waals surface area contributed by atoms with Crippen molar-refractivity contribution in [2.24, 2.45) is 0 Å². The van der Waals surface area contributed by atoms with Gasteiger partial charge in [-0.2, -0.15) is 5.10 Å². The van der Waals surface area contributed by atoms with Crippen LogP contribution < -0.4 is 15.5 Å². The van der Waals surface area contributed by atoms with Gasteiger partial charge in [0.1, 0.15) is 6.04 Å². The Morgan fingerprint density at radius 3 is 2.61 bits per heavy atom. The Morgan fingerprint density at radius 2 is 1.91 bits per heavy atom. The van der Waals surface area contributed by atoms with E-state index >= 15 is 0 Å². The first kappa shape index (κ1) is 28.8. The van der Waals surface area contributed by atoms with Crippen molar-refractivity contribution in [2.45, 2.75) is 75.7 Å². The zero-order chi connectivity index (χ0) is 31.6. The average Bonchev–Trinajstić information content (AvgIpc) is 3.47. The number of fused-ring (bicyclic) bond motifs is 3. The number of hydrogen-bond donors (Lipinski definition) is 3. The summed E-state index contributed by atoms with van der Waals surface area (Å²) in [5, 5.41) is 13.1. The summed E-state index contributed by atoms with van der Waals surface area (Å²) in [5.74, 6) is -0.732. The SMILES string of the molecule is Cc1n[nH]c(C)c1-c1ccc(NC(=O)[C@@H](NC(=O)C2(F)CC2)[C@@H]2CCc3ccc(-c4ccnc(N5C[C@@H]6C[C@H]5CO6)n4)cc32)cc1. The Balaban J connectivity index is 1.06. The van der Waals surface area contributed by atoms with Gasteiger partial charge in [-0.05, 0) is 86.9 Å². The van der Waals surface area contributed by atoms with Crippen LogP contribution in [-0.4, -0.2) is 69.0 Å². The summed E-state index contributed by atoms with van der Waals surface area (Å²) in [7, 11) is 0. The molecule has 0 spiro atoms. The average molecular weight is 622 g/mol. The molecule has 4 atom stereocenters. The van der Waals surface area contributed by atoms with E-state index in [1.807, 2.05) is 50.2 Å². The molecular formula is C35H36FN7O3. The first-order valence-corrected chi connectivity index (χ1v) is 16.0. The lowest BCUT2D eigenvalue weighted by molar-refractivity contribution is -0.131. The van der Waals surface area contributed by atoms with Crippen LogP contribution in [0.5, 0.6) is 0 Å². The van der Waals surface area contributed by atoms with E-state index < -0.39 is 17.6 Å². The van der Waals surface area contributed by atoms with Gasteiger partial charge in [0.25, 0.3) is 5.91 Å². The fourth-order valence-corrected chi connectivity index (χ4v) is 7.30. The molecule has 4 heterocycles. The summed E-state index contributed by atoms with van der Waals surface area (Å²) in [4.78, 5) is 38.6. The number of H-pyrrole nitrogens is 1. The number of ether oxygens (including phenoxy) is 1. The monoisotopic (exact) mass is 621 g/mol. The van der Waals surface area contributed by atoms with Crippen molar-refractivity contribution in [2.75, 3.05) is 23.4 Å². The number of morpholine rings is 1. The van der Waals surface area contributed by atoms with Crippen LogP contribution in [0.4, 0.5) is 16.0 Å². The Kier molecular flexibility index (Phi) is 6.89. The van der Waals surface area contributed by atoms with Gasteiger partial charge in [-0.3, -0.25) is 14.7 Å². The van der Waals surface area contributed by atoms with Gasteiger partial charge in [0, 0.05) is 41.2 Å². The van der Waals surface area contributed by atoms with Gasteiger partial charge in [-0.1, -0.05) is 24.3 Å². The van der Waals surface area contributed by atoms with E-state index in [2.05, 4.69) is 42.8 Å². The summed E-state index contributed by atoms with van der Waals surface area (Å²) in [6.45, 7) is 5.40. The second-order valence-corrected chi connectivity index (χ2v) is 13.1. The van der Waals surface area contributed by atoms with Crippen LogP contribution in [0.25, 0.3) is 22.4 Å². The van der Waals surface area contributed by atoms with Crippen molar-refractivity contribution in [3.05, 3.63) is 77.2 Å². The highest BCUT2D eigenvalue weighted by atomic mass is 19.1. The highest BCUT2D eigenvalue weighted by Gasteiger charge is 2.52. The fourth-order valence-electron chi connectivity index (χ4n) is 7.30. The van der Waals surface area contributed by atoms with Crippen LogP contribution in [-0.2, 0) is 20.7 Å². The van der Waals surface area contributed by atoms with Crippen molar-refractivity contribution in [3.8, 4) is 22.4 Å². The number of aromatic nitrogens is 4. The zero-order valence-corrected chi connectivity index (χ0v) is 25.8. The Bertz CT molecular complexity index is 1820. The molecule has 3 fully saturated rings. The van der Waals surface area contributed by atoms with Crippen molar-refractivity contribution in [1.82, 2.24) is 25.5 Å². The topological polar surface area (TPSA) is 125 Å². The van der Waals surface area contributed by atoms with Gasteiger partial charge >= 0.3 is 0 Å². The number of carbonyl (C=O) groups excluding carboxylic acids is 2. The minimum Gasteiger partial charge on any atom is -0.374 e. The highest BCUT2D eigenvalue weighted by Crippen LogP contribution is 2.42. The molecule has 3 N–H and O–H groups in total. The minimum absolute atomic E-state index is 0.174. The van der Waals surface area contributed by atoms with E-state index in [9.17, 15) is 14.0 Å². The maximum atomic E-state index is 14.9. The largest absolute Gasteiger partial charge is 0.374 e. The summed E-state index contributed by atoms with van der Waals surface area (Å²) in [6.07, 6.45) is 4.77. The maximum absolute atomic E-state index is 14.9. The van der Waals surface area contributed by atoms with Gasteiger partial charge < -0.3 is 20.3 Å². The highest BCUT2D eigenvalue weighted by molar-refractivity contribution is 6.00. The molecule has 4 aliphatic rings. The Hall–Kier alpha value is -4.64. The Labute approximate surface area is 266 Å². The third-order valence-electron chi connectivity index (χ3n) is 10.0. The van der Waals surface area contributed by atoms with E-state index in [0.29, 0.717) is 30.7 Å². The molecule has 2 saturated heterocycles. The number of nitrogens with zero attached hydrogens (tertiary/aromatic N) is 4. The van der Waals surface area contributed by atoms with Crippen molar-refractivity contribution < 1.29 is 18.7 Å². The molecule has 0 unspecified atom stereocenters. The lowest BCUT2D eigenvalue weighted by Crippen LogP contribution is -2.50.